The van der Waals surface area contributed by atoms with E-state index in [1.165, 1.54) is 0 Å². The lowest BCUT2D eigenvalue weighted by molar-refractivity contribution is -0.118. The molecule has 5 nitrogen and oxygen atoms in total. The maximum Gasteiger partial charge on any atom is 0.262 e. The van der Waals surface area contributed by atoms with Gasteiger partial charge in [-0.3, -0.25) is 4.79 Å². The summed E-state index contributed by atoms with van der Waals surface area (Å²) in [5.41, 5.74) is 3.97. The molecule has 5 heteroatoms. The summed E-state index contributed by atoms with van der Waals surface area (Å²) in [4.78, 5) is 12.1. The van der Waals surface area contributed by atoms with Crippen molar-refractivity contribution in [3.63, 3.8) is 0 Å². The van der Waals surface area contributed by atoms with Crippen LogP contribution < -0.4 is 20.1 Å². The fourth-order valence-corrected chi connectivity index (χ4v) is 2.64. The lowest BCUT2D eigenvalue weighted by Crippen LogP contribution is -2.20. The van der Waals surface area contributed by atoms with Crippen LogP contribution in [0, 0.1) is 6.92 Å². The smallest absolute Gasteiger partial charge is 0.262 e. The lowest BCUT2D eigenvalue weighted by atomic mass is 10.2. The summed E-state index contributed by atoms with van der Waals surface area (Å²) >= 11 is 0. The molecule has 3 rings (SSSR count). The molecule has 0 saturated heterocycles. The van der Waals surface area contributed by atoms with Crippen LogP contribution in [-0.2, 0) is 11.3 Å². The van der Waals surface area contributed by atoms with Crippen LogP contribution in [0.5, 0.6) is 11.5 Å². The monoisotopic (exact) mass is 376 g/mol. The van der Waals surface area contributed by atoms with Crippen LogP contribution in [0.4, 0.5) is 11.4 Å². The number of aryl methyl sites for hydroxylation is 1. The van der Waals surface area contributed by atoms with E-state index >= 15 is 0 Å². The minimum Gasteiger partial charge on any atom is -0.497 e. The van der Waals surface area contributed by atoms with Crippen LogP contribution in [-0.4, -0.2) is 19.6 Å². The molecule has 0 saturated carbocycles. The highest BCUT2D eigenvalue weighted by Gasteiger charge is 2.05. The third kappa shape index (κ3) is 5.77. The number of hydrogen-bond donors (Lipinski definition) is 2. The van der Waals surface area contributed by atoms with Gasteiger partial charge in [0.05, 0.1) is 7.11 Å². The van der Waals surface area contributed by atoms with Crippen molar-refractivity contribution in [2.75, 3.05) is 24.4 Å². The highest BCUT2D eigenvalue weighted by Crippen LogP contribution is 2.18. The van der Waals surface area contributed by atoms with Crippen LogP contribution >= 0.6 is 0 Å². The van der Waals surface area contributed by atoms with Crippen molar-refractivity contribution < 1.29 is 14.3 Å². The molecule has 0 aliphatic carbocycles. The van der Waals surface area contributed by atoms with Crippen molar-refractivity contribution in [3.8, 4) is 11.5 Å². The lowest BCUT2D eigenvalue weighted by Gasteiger charge is -2.10. The normalized spacial score (nSPS) is 10.2. The second kappa shape index (κ2) is 9.46. The van der Waals surface area contributed by atoms with E-state index in [1.807, 2.05) is 79.7 Å². The molecule has 0 atom stereocenters. The van der Waals surface area contributed by atoms with E-state index in [2.05, 4.69) is 10.6 Å². The Morgan fingerprint density at radius 3 is 2.32 bits per heavy atom. The van der Waals surface area contributed by atoms with Crippen molar-refractivity contribution in [3.05, 3.63) is 83.9 Å². The van der Waals surface area contributed by atoms with E-state index in [9.17, 15) is 4.79 Å². The average molecular weight is 376 g/mol. The number of ether oxygens (including phenoxy) is 2. The number of carbonyl (C=O) groups excluding carboxylic acids is 1. The van der Waals surface area contributed by atoms with Crippen LogP contribution in [0.15, 0.2) is 72.8 Å². The van der Waals surface area contributed by atoms with Gasteiger partial charge in [-0.25, -0.2) is 0 Å². The van der Waals surface area contributed by atoms with E-state index in [0.29, 0.717) is 12.3 Å². The fourth-order valence-electron chi connectivity index (χ4n) is 2.64. The fraction of sp³-hybridized carbons (Fsp3) is 0.174. The molecule has 0 fully saturated rings. The van der Waals surface area contributed by atoms with Crippen molar-refractivity contribution in [2.24, 2.45) is 0 Å². The quantitative estimate of drug-likeness (QED) is 0.602. The van der Waals surface area contributed by atoms with Crippen molar-refractivity contribution >= 4 is 17.3 Å². The van der Waals surface area contributed by atoms with E-state index in [-0.39, 0.29) is 12.5 Å². The van der Waals surface area contributed by atoms with Crippen molar-refractivity contribution in [2.45, 2.75) is 13.5 Å². The first-order valence-electron chi connectivity index (χ1n) is 9.08. The average Bonchev–Trinajstić information content (AvgIpc) is 2.73. The molecular formula is C23H24N2O3. The zero-order valence-electron chi connectivity index (χ0n) is 16.1. The summed E-state index contributed by atoms with van der Waals surface area (Å²) in [6.45, 7) is 2.62. The summed E-state index contributed by atoms with van der Waals surface area (Å²) in [5, 5.41) is 6.17. The Bertz CT molecular complexity index is 906. The Hall–Kier alpha value is -3.47. The molecule has 1 amide bonds. The minimum atomic E-state index is -0.189. The van der Waals surface area contributed by atoms with E-state index in [1.54, 1.807) is 7.11 Å². The van der Waals surface area contributed by atoms with Gasteiger partial charge in [0.25, 0.3) is 5.91 Å². The molecule has 0 heterocycles. The number of hydrogen-bond acceptors (Lipinski definition) is 4. The standard InChI is InChI=1S/C23H24N2O3/c1-17-6-8-20(9-7-17)25-23(26)16-28-22-5-3-4-18(14-22)15-24-19-10-12-21(27-2)13-11-19/h3-14,24H,15-16H2,1-2H3,(H,25,26). The molecule has 0 unspecified atom stereocenters. The minimum absolute atomic E-state index is 0.0385. The highest BCUT2D eigenvalue weighted by molar-refractivity contribution is 5.91. The highest BCUT2D eigenvalue weighted by atomic mass is 16.5. The van der Waals surface area contributed by atoms with Crippen LogP contribution in [0.3, 0.4) is 0 Å². The third-order valence-electron chi connectivity index (χ3n) is 4.19. The van der Waals surface area contributed by atoms with Gasteiger partial charge in [-0.1, -0.05) is 29.8 Å². The van der Waals surface area contributed by atoms with Gasteiger partial charge in [-0.2, -0.15) is 0 Å². The molecule has 0 radical (unpaired) electrons. The summed E-state index contributed by atoms with van der Waals surface area (Å²) in [6, 6.07) is 23.1. The molecule has 2 N–H and O–H groups in total. The maximum atomic E-state index is 12.1. The van der Waals surface area contributed by atoms with Crippen LogP contribution in [0.25, 0.3) is 0 Å². The van der Waals surface area contributed by atoms with Gasteiger partial charge in [0.2, 0.25) is 0 Å². The van der Waals surface area contributed by atoms with Crippen LogP contribution in [0.2, 0.25) is 0 Å². The largest absolute Gasteiger partial charge is 0.497 e. The topological polar surface area (TPSA) is 59.6 Å². The zero-order valence-corrected chi connectivity index (χ0v) is 16.1. The van der Waals surface area contributed by atoms with Gasteiger partial charge >= 0.3 is 0 Å². The number of carbonyl (C=O) groups is 1. The zero-order chi connectivity index (χ0) is 19.8. The SMILES string of the molecule is COc1ccc(NCc2cccc(OCC(=O)Nc3ccc(C)cc3)c2)cc1. The van der Waals surface area contributed by atoms with Crippen molar-refractivity contribution in [1.29, 1.82) is 0 Å². The van der Waals surface area contributed by atoms with Gasteiger partial charge in [0.1, 0.15) is 11.5 Å². The number of nitrogens with one attached hydrogen (secondary N) is 2. The number of amides is 1. The van der Waals surface area contributed by atoms with Crippen LogP contribution in [0.1, 0.15) is 11.1 Å². The van der Waals surface area contributed by atoms with Gasteiger partial charge in [0.15, 0.2) is 6.61 Å². The molecule has 3 aromatic carbocycles. The number of anilines is 2. The van der Waals surface area contributed by atoms with E-state index < -0.39 is 0 Å². The van der Waals surface area contributed by atoms with Gasteiger partial charge in [-0.05, 0) is 61.0 Å². The number of benzene rings is 3. The van der Waals surface area contributed by atoms with Gasteiger partial charge in [0, 0.05) is 17.9 Å². The predicted molar refractivity (Wildman–Crippen MR) is 112 cm³/mol. The predicted octanol–water partition coefficient (Wildman–Crippen LogP) is 4.63. The molecular weight excluding hydrogens is 352 g/mol. The van der Waals surface area contributed by atoms with E-state index in [4.69, 9.17) is 9.47 Å². The summed E-state index contributed by atoms with van der Waals surface area (Å²) in [6.07, 6.45) is 0. The second-order valence-electron chi connectivity index (χ2n) is 6.43. The molecule has 3 aromatic rings. The molecule has 0 aromatic heterocycles. The Kier molecular flexibility index (Phi) is 6.52. The second-order valence-corrected chi connectivity index (χ2v) is 6.43. The number of rotatable bonds is 8. The molecule has 0 spiro atoms. The van der Waals surface area contributed by atoms with Gasteiger partial charge in [-0.15, -0.1) is 0 Å². The first-order chi connectivity index (χ1) is 13.6. The Balaban J connectivity index is 1.49. The Morgan fingerprint density at radius 2 is 1.61 bits per heavy atom. The molecule has 0 bridgehead atoms. The van der Waals surface area contributed by atoms with E-state index in [0.717, 1.165) is 28.3 Å². The molecule has 144 valence electrons. The molecule has 0 aliphatic heterocycles. The van der Waals surface area contributed by atoms with Crippen molar-refractivity contribution in [1.82, 2.24) is 0 Å². The van der Waals surface area contributed by atoms with Gasteiger partial charge < -0.3 is 20.1 Å². The molecule has 0 aliphatic rings. The third-order valence-corrected chi connectivity index (χ3v) is 4.19. The Morgan fingerprint density at radius 1 is 0.893 bits per heavy atom. The first-order valence-corrected chi connectivity index (χ1v) is 9.08. The molecule has 28 heavy (non-hydrogen) atoms. The first kappa shape index (κ1) is 19.3. The maximum absolute atomic E-state index is 12.1. The summed E-state index contributed by atoms with van der Waals surface area (Å²) in [5.74, 6) is 1.29. The summed E-state index contributed by atoms with van der Waals surface area (Å²) < 4.78 is 10.8. The number of methoxy groups -OCH3 is 1. The summed E-state index contributed by atoms with van der Waals surface area (Å²) in [7, 11) is 1.65. The Labute approximate surface area is 165 Å².